The standard InChI is InChI=1S/C16H20N6O/c23-16(20-5-3-14-2-1-4-17-12-14)22-10-8-21(9-11-22)15-13-18-6-7-19-15/h1-2,4,6-7,12-13H,3,5,8-11H2,(H,20,23). The summed E-state index contributed by atoms with van der Waals surface area (Å²) >= 11 is 0. The number of hydrogen-bond donors (Lipinski definition) is 1. The Labute approximate surface area is 135 Å². The van der Waals surface area contributed by atoms with Crippen LogP contribution >= 0.6 is 0 Å². The van der Waals surface area contributed by atoms with Gasteiger partial charge >= 0.3 is 6.03 Å². The highest BCUT2D eigenvalue weighted by Crippen LogP contribution is 2.11. The van der Waals surface area contributed by atoms with Gasteiger partial charge in [-0.3, -0.25) is 9.97 Å². The molecule has 1 N–H and O–H groups in total. The topological polar surface area (TPSA) is 74.2 Å². The van der Waals surface area contributed by atoms with Gasteiger partial charge in [0.2, 0.25) is 0 Å². The number of urea groups is 1. The normalized spacial score (nSPS) is 14.6. The molecule has 0 radical (unpaired) electrons. The van der Waals surface area contributed by atoms with Crippen LogP contribution < -0.4 is 10.2 Å². The summed E-state index contributed by atoms with van der Waals surface area (Å²) in [6.07, 6.45) is 9.47. The lowest BCUT2D eigenvalue weighted by molar-refractivity contribution is 0.194. The molecule has 2 amide bonds. The Hall–Kier alpha value is -2.70. The van der Waals surface area contributed by atoms with Gasteiger partial charge in [-0.15, -0.1) is 0 Å². The predicted molar refractivity (Wildman–Crippen MR) is 87.2 cm³/mol. The maximum Gasteiger partial charge on any atom is 0.317 e. The van der Waals surface area contributed by atoms with Crippen LogP contribution in [0.15, 0.2) is 43.1 Å². The fourth-order valence-electron chi connectivity index (χ4n) is 2.56. The molecule has 1 aliphatic heterocycles. The van der Waals surface area contributed by atoms with Gasteiger partial charge in [-0.2, -0.15) is 0 Å². The van der Waals surface area contributed by atoms with Crippen LogP contribution in [0.2, 0.25) is 0 Å². The van der Waals surface area contributed by atoms with Crippen LogP contribution in [0.5, 0.6) is 0 Å². The van der Waals surface area contributed by atoms with E-state index in [-0.39, 0.29) is 6.03 Å². The lowest BCUT2D eigenvalue weighted by atomic mass is 10.2. The molecule has 23 heavy (non-hydrogen) atoms. The summed E-state index contributed by atoms with van der Waals surface area (Å²) in [4.78, 5) is 28.6. The first-order valence-electron chi connectivity index (χ1n) is 7.75. The molecule has 0 aromatic carbocycles. The first kappa shape index (κ1) is 15.2. The third-order valence-electron chi connectivity index (χ3n) is 3.85. The summed E-state index contributed by atoms with van der Waals surface area (Å²) in [6.45, 7) is 3.54. The Morgan fingerprint density at radius 2 is 1.91 bits per heavy atom. The Morgan fingerprint density at radius 1 is 1.09 bits per heavy atom. The second kappa shape index (κ2) is 7.53. The molecule has 0 unspecified atom stereocenters. The van der Waals surface area contributed by atoms with E-state index in [1.54, 1.807) is 24.8 Å². The van der Waals surface area contributed by atoms with Crippen molar-refractivity contribution in [2.75, 3.05) is 37.6 Å². The Bertz CT molecular complexity index is 613. The number of amides is 2. The highest BCUT2D eigenvalue weighted by molar-refractivity contribution is 5.74. The van der Waals surface area contributed by atoms with Crippen molar-refractivity contribution in [1.82, 2.24) is 25.2 Å². The Morgan fingerprint density at radius 3 is 2.61 bits per heavy atom. The predicted octanol–water partition coefficient (Wildman–Crippen LogP) is 0.946. The molecule has 0 atom stereocenters. The van der Waals surface area contributed by atoms with Crippen molar-refractivity contribution in [2.24, 2.45) is 0 Å². The number of aromatic nitrogens is 3. The number of hydrogen-bond acceptors (Lipinski definition) is 5. The number of anilines is 1. The minimum absolute atomic E-state index is 0.00677. The number of piperazine rings is 1. The summed E-state index contributed by atoms with van der Waals surface area (Å²) in [5.74, 6) is 0.865. The van der Waals surface area contributed by atoms with Crippen LogP contribution in [0, 0.1) is 0 Å². The molecule has 2 aromatic rings. The first-order chi connectivity index (χ1) is 11.3. The van der Waals surface area contributed by atoms with Crippen molar-refractivity contribution in [2.45, 2.75) is 6.42 Å². The Kier molecular flexibility index (Phi) is 4.98. The van der Waals surface area contributed by atoms with Crippen molar-refractivity contribution in [3.63, 3.8) is 0 Å². The fourth-order valence-corrected chi connectivity index (χ4v) is 2.56. The molecule has 0 saturated carbocycles. The van der Waals surface area contributed by atoms with Crippen molar-refractivity contribution in [3.8, 4) is 0 Å². The minimum Gasteiger partial charge on any atom is -0.352 e. The van der Waals surface area contributed by atoms with Crippen molar-refractivity contribution < 1.29 is 4.79 Å². The first-order valence-corrected chi connectivity index (χ1v) is 7.75. The molecule has 1 saturated heterocycles. The van der Waals surface area contributed by atoms with E-state index in [0.29, 0.717) is 19.6 Å². The largest absolute Gasteiger partial charge is 0.352 e. The van der Waals surface area contributed by atoms with Gasteiger partial charge in [-0.25, -0.2) is 9.78 Å². The zero-order valence-corrected chi connectivity index (χ0v) is 12.9. The van der Waals surface area contributed by atoms with Gasteiger partial charge in [-0.1, -0.05) is 6.07 Å². The number of carbonyl (C=O) groups excluding carboxylic acids is 1. The maximum atomic E-state index is 12.2. The molecule has 120 valence electrons. The van der Waals surface area contributed by atoms with Gasteiger partial charge in [0.15, 0.2) is 0 Å². The van der Waals surface area contributed by atoms with E-state index in [2.05, 4.69) is 25.2 Å². The SMILES string of the molecule is O=C(NCCc1cccnc1)N1CCN(c2cnccn2)CC1. The van der Waals surface area contributed by atoms with E-state index in [1.807, 2.05) is 23.2 Å². The van der Waals surface area contributed by atoms with Gasteiger partial charge in [0.05, 0.1) is 6.20 Å². The van der Waals surface area contributed by atoms with Crippen LogP contribution in [0.1, 0.15) is 5.56 Å². The lowest BCUT2D eigenvalue weighted by Crippen LogP contribution is -2.52. The van der Waals surface area contributed by atoms with Gasteiger partial charge in [0.25, 0.3) is 0 Å². The van der Waals surface area contributed by atoms with E-state index < -0.39 is 0 Å². The molecule has 0 spiro atoms. The van der Waals surface area contributed by atoms with Gasteiger partial charge in [0, 0.05) is 57.5 Å². The van der Waals surface area contributed by atoms with Gasteiger partial charge in [0.1, 0.15) is 5.82 Å². The van der Waals surface area contributed by atoms with Crippen molar-refractivity contribution in [1.29, 1.82) is 0 Å². The monoisotopic (exact) mass is 312 g/mol. The zero-order valence-electron chi connectivity index (χ0n) is 12.9. The molecule has 7 heteroatoms. The van der Waals surface area contributed by atoms with Crippen LogP contribution in [0.4, 0.5) is 10.6 Å². The number of nitrogens with one attached hydrogen (secondary N) is 1. The Balaban J connectivity index is 1.41. The summed E-state index contributed by atoms with van der Waals surface area (Å²) < 4.78 is 0. The second-order valence-electron chi connectivity index (χ2n) is 5.38. The second-order valence-corrected chi connectivity index (χ2v) is 5.38. The smallest absolute Gasteiger partial charge is 0.317 e. The molecule has 1 fully saturated rings. The van der Waals surface area contributed by atoms with E-state index >= 15 is 0 Å². The average molecular weight is 312 g/mol. The van der Waals surface area contributed by atoms with Gasteiger partial charge < -0.3 is 15.1 Å². The van der Waals surface area contributed by atoms with Crippen molar-refractivity contribution >= 4 is 11.8 Å². The minimum atomic E-state index is -0.00677. The van der Waals surface area contributed by atoms with E-state index in [9.17, 15) is 4.79 Å². The maximum absolute atomic E-state index is 12.2. The molecular formula is C16H20N6O. The van der Waals surface area contributed by atoms with Crippen LogP contribution in [-0.4, -0.2) is 58.6 Å². The van der Waals surface area contributed by atoms with E-state index in [4.69, 9.17) is 0 Å². The molecular weight excluding hydrogens is 292 g/mol. The van der Waals surface area contributed by atoms with E-state index in [0.717, 1.165) is 30.9 Å². The molecule has 2 aromatic heterocycles. The van der Waals surface area contributed by atoms with Crippen LogP contribution in [0.3, 0.4) is 0 Å². The summed E-state index contributed by atoms with van der Waals surface area (Å²) in [5, 5.41) is 2.97. The van der Waals surface area contributed by atoms with Crippen LogP contribution in [0.25, 0.3) is 0 Å². The molecule has 3 heterocycles. The molecule has 7 nitrogen and oxygen atoms in total. The molecule has 0 aliphatic carbocycles. The highest BCUT2D eigenvalue weighted by Gasteiger charge is 2.21. The third kappa shape index (κ3) is 4.15. The lowest BCUT2D eigenvalue weighted by Gasteiger charge is -2.35. The number of rotatable bonds is 4. The average Bonchev–Trinajstić information content (AvgIpc) is 2.63. The summed E-state index contributed by atoms with van der Waals surface area (Å²) in [6, 6.07) is 3.91. The highest BCUT2D eigenvalue weighted by atomic mass is 16.2. The number of nitrogens with zero attached hydrogens (tertiary/aromatic N) is 5. The summed E-state index contributed by atoms with van der Waals surface area (Å²) in [7, 11) is 0. The van der Waals surface area contributed by atoms with E-state index in [1.165, 1.54) is 0 Å². The molecule has 1 aliphatic rings. The zero-order chi connectivity index (χ0) is 15.9. The fraction of sp³-hybridized carbons (Fsp3) is 0.375. The number of pyridine rings is 1. The molecule has 3 rings (SSSR count). The quantitative estimate of drug-likeness (QED) is 0.910. The molecule has 0 bridgehead atoms. The summed E-state index contributed by atoms with van der Waals surface area (Å²) in [5.41, 5.74) is 1.13. The third-order valence-corrected chi connectivity index (χ3v) is 3.85. The van der Waals surface area contributed by atoms with Gasteiger partial charge in [-0.05, 0) is 18.1 Å². The van der Waals surface area contributed by atoms with Crippen molar-refractivity contribution in [3.05, 3.63) is 48.7 Å². The number of carbonyl (C=O) groups is 1. The van der Waals surface area contributed by atoms with Crippen LogP contribution in [-0.2, 0) is 6.42 Å².